The lowest BCUT2D eigenvalue weighted by molar-refractivity contribution is 0.100. The predicted molar refractivity (Wildman–Crippen MR) is 60.6 cm³/mol. The Balaban J connectivity index is 2.27. The maximum Gasteiger partial charge on any atom is 0.0662 e. The van der Waals surface area contributed by atoms with Crippen LogP contribution in [0.15, 0.2) is 12.3 Å². The molecule has 1 heterocycles. The SMILES string of the molecule is CNCc1ccnn1CCOCC(C)C. The maximum atomic E-state index is 5.52. The van der Waals surface area contributed by atoms with E-state index in [0.717, 1.165) is 26.3 Å². The molecule has 1 rings (SSSR count). The topological polar surface area (TPSA) is 39.1 Å². The van der Waals surface area contributed by atoms with E-state index in [2.05, 4.69) is 24.3 Å². The number of aromatic nitrogens is 2. The first-order valence-corrected chi connectivity index (χ1v) is 5.47. The Labute approximate surface area is 91.6 Å². The van der Waals surface area contributed by atoms with E-state index in [4.69, 9.17) is 4.74 Å². The zero-order chi connectivity index (χ0) is 11.1. The van der Waals surface area contributed by atoms with E-state index in [0.29, 0.717) is 5.92 Å². The predicted octanol–water partition coefficient (Wildman–Crippen LogP) is 1.28. The van der Waals surface area contributed by atoms with Crippen molar-refractivity contribution in [3.63, 3.8) is 0 Å². The highest BCUT2D eigenvalue weighted by Crippen LogP contribution is 1.99. The Morgan fingerprint density at radius 1 is 1.53 bits per heavy atom. The van der Waals surface area contributed by atoms with Crippen molar-refractivity contribution in [3.8, 4) is 0 Å². The van der Waals surface area contributed by atoms with E-state index in [-0.39, 0.29) is 0 Å². The van der Waals surface area contributed by atoms with Crippen molar-refractivity contribution in [2.45, 2.75) is 26.9 Å². The molecule has 0 spiro atoms. The van der Waals surface area contributed by atoms with E-state index in [1.807, 2.05) is 24.0 Å². The van der Waals surface area contributed by atoms with Gasteiger partial charge in [-0.05, 0) is 19.0 Å². The monoisotopic (exact) mass is 211 g/mol. The zero-order valence-corrected chi connectivity index (χ0v) is 9.86. The fraction of sp³-hybridized carbons (Fsp3) is 0.727. The molecule has 0 aromatic carbocycles. The lowest BCUT2D eigenvalue weighted by atomic mass is 10.2. The van der Waals surface area contributed by atoms with Gasteiger partial charge in [0.2, 0.25) is 0 Å². The molecule has 1 aromatic rings. The van der Waals surface area contributed by atoms with E-state index in [1.54, 1.807) is 0 Å². The van der Waals surface area contributed by atoms with Crippen LogP contribution in [0.25, 0.3) is 0 Å². The van der Waals surface area contributed by atoms with Crippen molar-refractivity contribution in [1.82, 2.24) is 15.1 Å². The first-order valence-electron chi connectivity index (χ1n) is 5.47. The molecule has 0 aliphatic heterocycles. The average Bonchev–Trinajstić information content (AvgIpc) is 2.61. The fourth-order valence-corrected chi connectivity index (χ4v) is 1.36. The minimum absolute atomic E-state index is 0.597. The lowest BCUT2D eigenvalue weighted by Crippen LogP contribution is -2.15. The number of ether oxygens (including phenoxy) is 1. The third-order valence-electron chi connectivity index (χ3n) is 2.06. The number of rotatable bonds is 7. The van der Waals surface area contributed by atoms with E-state index in [9.17, 15) is 0 Å². The van der Waals surface area contributed by atoms with Gasteiger partial charge in [0.1, 0.15) is 0 Å². The van der Waals surface area contributed by atoms with Gasteiger partial charge in [-0.15, -0.1) is 0 Å². The van der Waals surface area contributed by atoms with Gasteiger partial charge in [0, 0.05) is 19.3 Å². The summed E-state index contributed by atoms with van der Waals surface area (Å²) in [6.45, 7) is 7.54. The van der Waals surface area contributed by atoms with Crippen molar-refractivity contribution < 1.29 is 4.74 Å². The summed E-state index contributed by atoms with van der Waals surface area (Å²) >= 11 is 0. The van der Waals surface area contributed by atoms with Crippen LogP contribution in [0, 0.1) is 5.92 Å². The standard InChI is InChI=1S/C11H21N3O/c1-10(2)9-15-7-6-14-11(8-12-3)4-5-13-14/h4-5,10,12H,6-9H2,1-3H3. The van der Waals surface area contributed by atoms with Gasteiger partial charge in [-0.3, -0.25) is 4.68 Å². The normalized spacial score (nSPS) is 11.2. The second-order valence-corrected chi connectivity index (χ2v) is 4.04. The molecule has 0 saturated carbocycles. The van der Waals surface area contributed by atoms with E-state index in [1.165, 1.54) is 5.69 Å². The van der Waals surface area contributed by atoms with Crippen molar-refractivity contribution in [2.75, 3.05) is 20.3 Å². The third kappa shape index (κ3) is 4.44. The van der Waals surface area contributed by atoms with Crippen LogP contribution in [-0.4, -0.2) is 30.0 Å². The second-order valence-electron chi connectivity index (χ2n) is 4.04. The van der Waals surface area contributed by atoms with E-state index < -0.39 is 0 Å². The Bertz CT molecular complexity index is 271. The zero-order valence-electron chi connectivity index (χ0n) is 9.86. The summed E-state index contributed by atoms with van der Waals surface area (Å²) in [6, 6.07) is 2.03. The molecule has 0 radical (unpaired) electrons. The quantitative estimate of drug-likeness (QED) is 0.690. The van der Waals surface area contributed by atoms with Crippen molar-refractivity contribution in [2.24, 2.45) is 5.92 Å². The highest BCUT2D eigenvalue weighted by Gasteiger charge is 2.01. The highest BCUT2D eigenvalue weighted by atomic mass is 16.5. The first-order chi connectivity index (χ1) is 7.24. The molecule has 1 N–H and O–H groups in total. The number of nitrogens with zero attached hydrogens (tertiary/aromatic N) is 2. The van der Waals surface area contributed by atoms with E-state index >= 15 is 0 Å². The van der Waals surface area contributed by atoms with Crippen LogP contribution in [-0.2, 0) is 17.8 Å². The van der Waals surface area contributed by atoms with Gasteiger partial charge in [-0.2, -0.15) is 5.10 Å². The Morgan fingerprint density at radius 3 is 3.00 bits per heavy atom. The molecular weight excluding hydrogens is 190 g/mol. The Kier molecular flexibility index (Phi) is 5.36. The summed E-state index contributed by atoms with van der Waals surface area (Å²) in [5.41, 5.74) is 1.20. The van der Waals surface area contributed by atoms with Gasteiger partial charge in [0.15, 0.2) is 0 Å². The fourth-order valence-electron chi connectivity index (χ4n) is 1.36. The van der Waals surface area contributed by atoms with Crippen LogP contribution in [0.4, 0.5) is 0 Å². The summed E-state index contributed by atoms with van der Waals surface area (Å²) in [5.74, 6) is 0.597. The minimum Gasteiger partial charge on any atom is -0.379 e. The van der Waals surface area contributed by atoms with Crippen LogP contribution >= 0.6 is 0 Å². The number of hydrogen-bond donors (Lipinski definition) is 1. The summed E-state index contributed by atoms with van der Waals surface area (Å²) in [6.07, 6.45) is 1.83. The maximum absolute atomic E-state index is 5.52. The average molecular weight is 211 g/mol. The molecule has 4 nitrogen and oxygen atoms in total. The molecule has 1 aromatic heterocycles. The van der Waals surface area contributed by atoms with Gasteiger partial charge < -0.3 is 10.1 Å². The summed E-state index contributed by atoms with van der Waals surface area (Å²) in [7, 11) is 1.94. The molecular formula is C11H21N3O. The van der Waals surface area contributed by atoms with Crippen molar-refractivity contribution in [3.05, 3.63) is 18.0 Å². The van der Waals surface area contributed by atoms with Crippen LogP contribution in [0.5, 0.6) is 0 Å². The van der Waals surface area contributed by atoms with Gasteiger partial charge >= 0.3 is 0 Å². The first kappa shape index (κ1) is 12.2. The van der Waals surface area contributed by atoms with Gasteiger partial charge in [0.05, 0.1) is 18.8 Å². The number of nitrogens with one attached hydrogen (secondary N) is 1. The molecule has 4 heteroatoms. The number of hydrogen-bond acceptors (Lipinski definition) is 3. The Hall–Kier alpha value is -0.870. The smallest absolute Gasteiger partial charge is 0.0662 e. The Morgan fingerprint density at radius 2 is 2.33 bits per heavy atom. The molecule has 0 saturated heterocycles. The molecule has 0 atom stereocenters. The van der Waals surface area contributed by atoms with Crippen LogP contribution in [0.1, 0.15) is 19.5 Å². The van der Waals surface area contributed by atoms with Crippen molar-refractivity contribution >= 4 is 0 Å². The summed E-state index contributed by atoms with van der Waals surface area (Å²) in [5, 5.41) is 7.37. The highest BCUT2D eigenvalue weighted by molar-refractivity contribution is 4.99. The third-order valence-corrected chi connectivity index (χ3v) is 2.06. The molecule has 86 valence electrons. The van der Waals surface area contributed by atoms with Crippen LogP contribution in [0.2, 0.25) is 0 Å². The molecule has 0 aliphatic carbocycles. The molecule has 15 heavy (non-hydrogen) atoms. The summed E-state index contributed by atoms with van der Waals surface area (Å²) < 4.78 is 7.50. The minimum atomic E-state index is 0.597. The molecule has 0 fully saturated rings. The molecule has 0 bridgehead atoms. The van der Waals surface area contributed by atoms with Crippen molar-refractivity contribution in [1.29, 1.82) is 0 Å². The molecule has 0 aliphatic rings. The largest absolute Gasteiger partial charge is 0.379 e. The second kappa shape index (κ2) is 6.58. The molecule has 0 amide bonds. The van der Waals surface area contributed by atoms with Gasteiger partial charge in [-0.1, -0.05) is 13.8 Å². The summed E-state index contributed by atoms with van der Waals surface area (Å²) in [4.78, 5) is 0. The van der Waals surface area contributed by atoms with Crippen LogP contribution < -0.4 is 5.32 Å². The van der Waals surface area contributed by atoms with Crippen LogP contribution in [0.3, 0.4) is 0 Å². The van der Waals surface area contributed by atoms with Gasteiger partial charge in [0.25, 0.3) is 0 Å². The molecule has 0 unspecified atom stereocenters. The lowest BCUT2D eigenvalue weighted by Gasteiger charge is -2.09. The van der Waals surface area contributed by atoms with Gasteiger partial charge in [-0.25, -0.2) is 0 Å².